The number of hydrogen-bond acceptors (Lipinski definition) is 4. The fourth-order valence-corrected chi connectivity index (χ4v) is 12.7. The number of nitrogens with zero attached hydrogens (tertiary/aromatic N) is 4. The van der Waals surface area contributed by atoms with E-state index in [0.717, 1.165) is 46.6 Å². The molecule has 1 aliphatic heterocycles. The molecule has 5 heteroatoms. The van der Waals surface area contributed by atoms with E-state index < -0.39 is 64.0 Å². The number of benzene rings is 9. The summed E-state index contributed by atoms with van der Waals surface area (Å²) in [4.78, 5) is 9.23. The Bertz CT molecular complexity index is 5430. The lowest BCUT2D eigenvalue weighted by molar-refractivity contribution is 0.332. The third-order valence-electron chi connectivity index (χ3n) is 18.0. The van der Waals surface area contributed by atoms with E-state index in [1.54, 1.807) is 28.8 Å². The van der Waals surface area contributed by atoms with Gasteiger partial charge in [0.05, 0.1) is 50.0 Å². The molecular weight excluding hydrogens is 1080 g/mol. The van der Waals surface area contributed by atoms with Crippen molar-refractivity contribution in [2.75, 3.05) is 16.5 Å². The van der Waals surface area contributed by atoms with E-state index in [-0.39, 0.29) is 111 Å². The second-order valence-electron chi connectivity index (χ2n) is 29.6. The summed E-state index contributed by atoms with van der Waals surface area (Å²) in [5, 5.41) is 0.727. The largest absolute Gasteiger partial charge is 0.457 e. The Hall–Kier alpha value is -8.67. The van der Waals surface area contributed by atoms with Crippen LogP contribution in [0.5, 0.6) is 11.5 Å². The molecular formula is C84H88N4O. The molecule has 450 valence electrons. The molecule has 2 aromatic heterocycles. The number of aromatic nitrogens is 2. The van der Waals surface area contributed by atoms with Gasteiger partial charge in [-0.2, -0.15) is 0 Å². The first-order valence-electron chi connectivity index (χ1n) is 38.9. The third kappa shape index (κ3) is 11.0. The first-order chi connectivity index (χ1) is 48.8. The van der Waals surface area contributed by atoms with Crippen LogP contribution in [0.3, 0.4) is 0 Å². The molecule has 0 radical (unpaired) electrons. The molecule has 0 saturated carbocycles. The Morgan fingerprint density at radius 2 is 1.04 bits per heavy atom. The Kier molecular flexibility index (Phi) is 10.4. The molecule has 0 atom stereocenters. The molecule has 0 saturated heterocycles. The SMILES string of the molecule is [2H]c1c([2H])c([2H])c(-c2cnc(-n3c4cc(Oc5cccc(N6CN(c7c(-c8ccc9c(c8)C(C)(C)CCC9(C)C)cc(C(C)(C)C)cc7-c7c([2H])c([2H])c(-c8c([2H])c(C(C)(C)C)c([2H])c(C(C)(C)C)c8[2H])c([2H])c7[2H])c7ccccc76)c5)ccc4c4c([2H])c([2H])c([2H])c([2H])c43)cc2C(C)(C)C)c([2H])c1[2H]. The fourth-order valence-electron chi connectivity index (χ4n) is 12.7. The van der Waals surface area contributed by atoms with Crippen LogP contribution >= 0.6 is 0 Å². The van der Waals surface area contributed by atoms with E-state index in [0.29, 0.717) is 55.9 Å². The molecule has 0 fully saturated rings. The maximum absolute atomic E-state index is 10.3. The molecule has 0 unspecified atom stereocenters. The van der Waals surface area contributed by atoms with Gasteiger partial charge in [0.25, 0.3) is 0 Å². The van der Waals surface area contributed by atoms with Crippen molar-refractivity contribution in [1.29, 1.82) is 0 Å². The number of anilines is 4. The van der Waals surface area contributed by atoms with Crippen LogP contribution in [0.4, 0.5) is 22.7 Å². The van der Waals surface area contributed by atoms with Crippen LogP contribution in [0.25, 0.3) is 72.1 Å². The van der Waals surface area contributed by atoms with E-state index in [2.05, 4.69) is 82.5 Å². The monoisotopic (exact) mass is 1180 g/mol. The van der Waals surface area contributed by atoms with Crippen molar-refractivity contribution >= 4 is 44.6 Å². The molecule has 2 aliphatic rings. The molecule has 0 bridgehead atoms. The highest BCUT2D eigenvalue weighted by molar-refractivity contribution is 6.09. The van der Waals surface area contributed by atoms with Crippen LogP contribution < -0.4 is 14.5 Å². The standard InChI is InChI=1S/C84H88N4O/c1-79(2,3)59-43-58(44-60(46-59)80(4,5)6)54-33-35-56(36-34-54)67-47-61(81(7,8)9)48-68(57-37-40-70-72(45-57)84(15,16)42-41-83(70,13)14)78(67)87-53-86(74-31-22-23-32-75(74)87)62-27-24-28-63(49-62)89-64-38-39-66-65-29-20-21-30-73(65)88(76(66)50-64)77-51-71(82(10,11)12)69(52-85-77)55-25-18-17-19-26-55/h17-40,43-52H,41-42,53H2,1-16H3/i17D,18D,19D,20D,21D,25D,26D,29D,30D,33D,34D,35D,36D,43D,44D,46D. The summed E-state index contributed by atoms with van der Waals surface area (Å²) in [6, 6.07) is 28.0. The third-order valence-corrected chi connectivity index (χ3v) is 18.0. The minimum absolute atomic E-state index is 0.0213. The molecule has 0 N–H and O–H groups in total. The normalized spacial score (nSPS) is 17.5. The fraction of sp³-hybridized carbons (Fsp3) is 0.298. The Balaban J connectivity index is 0.988. The first kappa shape index (κ1) is 43.1. The average molecular weight is 1190 g/mol. The number of hydrogen-bond donors (Lipinski definition) is 0. The molecule has 3 heterocycles. The summed E-state index contributed by atoms with van der Waals surface area (Å²) in [7, 11) is 0. The number of pyridine rings is 1. The number of ether oxygens (including phenoxy) is 1. The first-order valence-corrected chi connectivity index (χ1v) is 30.9. The highest BCUT2D eigenvalue weighted by atomic mass is 16.5. The molecule has 9 aromatic carbocycles. The van der Waals surface area contributed by atoms with E-state index >= 15 is 0 Å². The zero-order valence-electron chi connectivity index (χ0n) is 70.2. The second-order valence-corrected chi connectivity index (χ2v) is 29.6. The van der Waals surface area contributed by atoms with Gasteiger partial charge in [0, 0.05) is 51.5 Å². The van der Waals surface area contributed by atoms with Crippen molar-refractivity contribution in [1.82, 2.24) is 9.55 Å². The Morgan fingerprint density at radius 3 is 1.71 bits per heavy atom. The summed E-state index contributed by atoms with van der Waals surface area (Å²) in [6.07, 6.45) is 3.43. The lowest BCUT2D eigenvalue weighted by atomic mass is 9.63. The molecule has 0 amide bonds. The van der Waals surface area contributed by atoms with Gasteiger partial charge in [-0.15, -0.1) is 0 Å². The van der Waals surface area contributed by atoms with E-state index in [1.165, 1.54) is 17.3 Å². The van der Waals surface area contributed by atoms with E-state index in [9.17, 15) is 12.3 Å². The van der Waals surface area contributed by atoms with Crippen molar-refractivity contribution in [3.63, 3.8) is 0 Å². The molecule has 89 heavy (non-hydrogen) atoms. The van der Waals surface area contributed by atoms with Gasteiger partial charge in [-0.05, 0) is 167 Å². The summed E-state index contributed by atoms with van der Waals surface area (Å²) >= 11 is 0. The van der Waals surface area contributed by atoms with Gasteiger partial charge in [0.2, 0.25) is 0 Å². The molecule has 5 nitrogen and oxygen atoms in total. The number of rotatable bonds is 9. The van der Waals surface area contributed by atoms with Gasteiger partial charge in [-0.25, -0.2) is 4.98 Å². The Labute approximate surface area is 552 Å². The predicted molar refractivity (Wildman–Crippen MR) is 379 cm³/mol. The highest BCUT2D eigenvalue weighted by Crippen LogP contribution is 2.54. The molecule has 13 rings (SSSR count). The van der Waals surface area contributed by atoms with Crippen molar-refractivity contribution in [3.05, 3.63) is 239 Å². The smallest absolute Gasteiger partial charge is 0.137 e. The molecule has 11 aromatic rings. The summed E-state index contributed by atoms with van der Waals surface area (Å²) in [5.41, 5.74) is 7.45. The van der Waals surface area contributed by atoms with Crippen LogP contribution in [-0.4, -0.2) is 16.2 Å². The predicted octanol–water partition coefficient (Wildman–Crippen LogP) is 23.4. The van der Waals surface area contributed by atoms with E-state index in [4.69, 9.17) is 19.3 Å². The lowest BCUT2D eigenvalue weighted by Gasteiger charge is -2.42. The van der Waals surface area contributed by atoms with Crippen LogP contribution in [0, 0.1) is 0 Å². The summed E-state index contributed by atoms with van der Waals surface area (Å²) in [6.45, 7) is 32.9. The Morgan fingerprint density at radius 1 is 0.449 bits per heavy atom. The number of fused-ring (bicyclic) bond motifs is 5. The quantitative estimate of drug-likeness (QED) is 0.144. The minimum atomic E-state index is -0.757. The zero-order valence-corrected chi connectivity index (χ0v) is 54.2. The zero-order chi connectivity index (χ0) is 76.7. The average Bonchev–Trinajstić information content (AvgIpc) is 1.68. The van der Waals surface area contributed by atoms with Crippen LogP contribution in [0.1, 0.15) is 179 Å². The minimum Gasteiger partial charge on any atom is -0.457 e. The summed E-state index contributed by atoms with van der Waals surface area (Å²) < 4.78 is 158. The van der Waals surface area contributed by atoms with Crippen molar-refractivity contribution in [2.45, 2.75) is 156 Å². The topological polar surface area (TPSA) is 33.5 Å². The molecule has 0 spiro atoms. The van der Waals surface area contributed by atoms with Gasteiger partial charge >= 0.3 is 0 Å². The van der Waals surface area contributed by atoms with Crippen molar-refractivity contribution < 1.29 is 26.7 Å². The number of para-hydroxylation sites is 3. The van der Waals surface area contributed by atoms with Gasteiger partial charge in [0.1, 0.15) is 24.0 Å². The van der Waals surface area contributed by atoms with Crippen molar-refractivity contribution in [3.8, 4) is 61.8 Å². The van der Waals surface area contributed by atoms with Gasteiger partial charge in [0.15, 0.2) is 0 Å². The van der Waals surface area contributed by atoms with E-state index in [1.807, 2.05) is 117 Å². The van der Waals surface area contributed by atoms with Crippen molar-refractivity contribution in [2.24, 2.45) is 0 Å². The highest BCUT2D eigenvalue weighted by Gasteiger charge is 2.39. The van der Waals surface area contributed by atoms with Gasteiger partial charge < -0.3 is 14.5 Å². The van der Waals surface area contributed by atoms with Gasteiger partial charge in [-0.1, -0.05) is 238 Å². The molecule has 1 aliphatic carbocycles. The lowest BCUT2D eigenvalue weighted by Crippen LogP contribution is -2.33. The van der Waals surface area contributed by atoms with Gasteiger partial charge in [-0.3, -0.25) is 4.57 Å². The van der Waals surface area contributed by atoms with Crippen LogP contribution in [0.2, 0.25) is 0 Å². The maximum Gasteiger partial charge on any atom is 0.137 e. The van der Waals surface area contributed by atoms with Crippen LogP contribution in [-0.2, 0) is 32.5 Å². The maximum atomic E-state index is 10.3. The second kappa shape index (κ2) is 21.5. The van der Waals surface area contributed by atoms with Crippen LogP contribution in [0.15, 0.2) is 206 Å². The summed E-state index contributed by atoms with van der Waals surface area (Å²) in [5.74, 6) is 1.02.